The number of rotatable bonds is 13. The van der Waals surface area contributed by atoms with E-state index in [0.717, 1.165) is 17.6 Å². The van der Waals surface area contributed by atoms with Crippen molar-refractivity contribution < 1.29 is 38.1 Å². The van der Waals surface area contributed by atoms with Gasteiger partial charge in [-0.1, -0.05) is 38.0 Å². The second kappa shape index (κ2) is 15.0. The molecule has 0 unspecified atom stereocenters. The van der Waals surface area contributed by atoms with E-state index < -0.39 is 17.9 Å². The summed E-state index contributed by atoms with van der Waals surface area (Å²) in [6.45, 7) is 15.7. The van der Waals surface area contributed by atoms with Gasteiger partial charge in [0.05, 0.1) is 0 Å². The molecule has 2 rings (SSSR count). The summed E-state index contributed by atoms with van der Waals surface area (Å²) < 4.78 is 27.2. The summed E-state index contributed by atoms with van der Waals surface area (Å²) in [5, 5.41) is 0. The van der Waals surface area contributed by atoms with Crippen LogP contribution in [0.5, 0.6) is 11.5 Å². The second-order valence-electron chi connectivity index (χ2n) is 8.54. The Hall–Kier alpha value is -4.33. The van der Waals surface area contributed by atoms with Gasteiger partial charge in [0.1, 0.15) is 32.2 Å². The molecule has 202 valence electrons. The molecule has 1 aliphatic carbocycles. The van der Waals surface area contributed by atoms with Crippen molar-refractivity contribution in [1.29, 1.82) is 0 Å². The van der Waals surface area contributed by atoms with E-state index >= 15 is 0 Å². The van der Waals surface area contributed by atoms with Gasteiger partial charge in [-0.25, -0.2) is 14.4 Å². The highest BCUT2D eigenvalue weighted by Crippen LogP contribution is 2.32. The normalized spacial score (nSPS) is 16.2. The van der Waals surface area contributed by atoms with Crippen molar-refractivity contribution >= 4 is 23.5 Å². The molecule has 0 aliphatic heterocycles. The summed E-state index contributed by atoms with van der Waals surface area (Å²) in [5.41, 5.74) is 2.64. The van der Waals surface area contributed by atoms with Gasteiger partial charge in [0.15, 0.2) is 11.5 Å². The molecular formula is C30H34O8. The first-order chi connectivity index (χ1) is 18.1. The van der Waals surface area contributed by atoms with Crippen LogP contribution in [0.15, 0.2) is 84.7 Å². The average Bonchev–Trinajstić information content (AvgIpc) is 2.86. The van der Waals surface area contributed by atoms with Crippen molar-refractivity contribution in [1.82, 2.24) is 0 Å². The van der Waals surface area contributed by atoms with E-state index in [0.29, 0.717) is 40.4 Å². The van der Waals surface area contributed by atoms with Gasteiger partial charge in [0.25, 0.3) is 0 Å². The first-order valence-electron chi connectivity index (χ1n) is 12.1. The Kier molecular flexibility index (Phi) is 11.8. The van der Waals surface area contributed by atoms with Crippen LogP contribution in [-0.2, 0) is 28.6 Å². The van der Waals surface area contributed by atoms with Crippen molar-refractivity contribution in [3.63, 3.8) is 0 Å². The maximum atomic E-state index is 11.9. The Morgan fingerprint density at radius 1 is 0.711 bits per heavy atom. The standard InChI is InChI=1S/C30H34O8/c1-20(2)28(31)36-17-15-34-26-14-12-24(19-27(26)35-16-18-37-29(32)21(3)4)23-9-7-8-10-25(13-11-23)38-30(33)22(5)6/h9-14,19H,1,3,5,7-8,15-18H2,2,4,6H3/b13-11-,23-9+,25-10-. The second-order valence-corrected chi connectivity index (χ2v) is 8.54. The Balaban J connectivity index is 2.18. The van der Waals surface area contributed by atoms with Gasteiger partial charge in [0, 0.05) is 16.7 Å². The highest BCUT2D eigenvalue weighted by atomic mass is 16.6. The lowest BCUT2D eigenvalue weighted by atomic mass is 10.0. The van der Waals surface area contributed by atoms with Crippen LogP contribution in [0.1, 0.15) is 39.2 Å². The number of esters is 3. The van der Waals surface area contributed by atoms with Crippen LogP contribution in [0.4, 0.5) is 0 Å². The monoisotopic (exact) mass is 522 g/mol. The Morgan fingerprint density at radius 3 is 1.84 bits per heavy atom. The molecule has 0 heterocycles. The van der Waals surface area contributed by atoms with Crippen LogP contribution in [-0.4, -0.2) is 44.3 Å². The molecule has 1 aliphatic rings. The van der Waals surface area contributed by atoms with E-state index in [-0.39, 0.29) is 26.4 Å². The molecule has 0 amide bonds. The largest absolute Gasteiger partial charge is 0.486 e. The van der Waals surface area contributed by atoms with Crippen molar-refractivity contribution in [2.45, 2.75) is 33.6 Å². The minimum Gasteiger partial charge on any atom is -0.486 e. The summed E-state index contributed by atoms with van der Waals surface area (Å²) in [5.74, 6) is -0.183. The molecule has 0 saturated heterocycles. The third-order valence-corrected chi connectivity index (χ3v) is 4.98. The van der Waals surface area contributed by atoms with Crippen LogP contribution >= 0.6 is 0 Å². The lowest BCUT2D eigenvalue weighted by Gasteiger charge is -2.16. The van der Waals surface area contributed by atoms with Crippen molar-refractivity contribution in [3.8, 4) is 11.5 Å². The molecule has 8 nitrogen and oxygen atoms in total. The van der Waals surface area contributed by atoms with Gasteiger partial charge in [-0.2, -0.15) is 0 Å². The minimum atomic E-state index is -0.501. The van der Waals surface area contributed by atoms with Crippen LogP contribution < -0.4 is 9.47 Å². The molecule has 1 aromatic rings. The van der Waals surface area contributed by atoms with Crippen molar-refractivity contribution in [2.75, 3.05) is 26.4 Å². The molecule has 0 saturated carbocycles. The predicted octanol–water partition coefficient (Wildman–Crippen LogP) is 5.42. The molecule has 8 heteroatoms. The summed E-state index contributed by atoms with van der Waals surface area (Å²) in [7, 11) is 0. The maximum Gasteiger partial charge on any atom is 0.338 e. The third kappa shape index (κ3) is 9.97. The fourth-order valence-electron chi connectivity index (χ4n) is 2.99. The number of carbonyl (C=O) groups excluding carboxylic acids is 3. The Bertz CT molecular complexity index is 1180. The minimum absolute atomic E-state index is 0.0242. The van der Waals surface area contributed by atoms with Gasteiger partial charge in [-0.3, -0.25) is 0 Å². The van der Waals surface area contributed by atoms with E-state index in [1.54, 1.807) is 39.0 Å². The SMILES string of the molecule is C=C(C)C(=O)OCCOc1ccc(C2=C/CC/C=C(OC(=O)C(=C)C)/C=C\2)cc1OCCOC(=O)C(=C)C. The van der Waals surface area contributed by atoms with Crippen molar-refractivity contribution in [3.05, 3.63) is 90.3 Å². The molecule has 0 aromatic heterocycles. The van der Waals surface area contributed by atoms with Crippen molar-refractivity contribution in [2.24, 2.45) is 0 Å². The summed E-state index contributed by atoms with van der Waals surface area (Å²) in [4.78, 5) is 35.1. The van der Waals surface area contributed by atoms with Crippen LogP contribution in [0, 0.1) is 0 Å². The van der Waals surface area contributed by atoms with E-state index in [4.69, 9.17) is 23.7 Å². The predicted molar refractivity (Wildman–Crippen MR) is 144 cm³/mol. The highest BCUT2D eigenvalue weighted by molar-refractivity contribution is 5.88. The van der Waals surface area contributed by atoms with Gasteiger partial charge in [-0.15, -0.1) is 0 Å². The van der Waals surface area contributed by atoms with Gasteiger partial charge in [-0.05, 0) is 69.0 Å². The molecule has 0 radical (unpaired) electrons. The van der Waals surface area contributed by atoms with E-state index in [9.17, 15) is 14.4 Å². The lowest BCUT2D eigenvalue weighted by molar-refractivity contribution is -0.140. The molecular weight excluding hydrogens is 488 g/mol. The molecule has 0 atom stereocenters. The number of hydrogen-bond acceptors (Lipinski definition) is 8. The van der Waals surface area contributed by atoms with E-state index in [2.05, 4.69) is 25.8 Å². The quantitative estimate of drug-likeness (QED) is 0.147. The molecule has 38 heavy (non-hydrogen) atoms. The number of carbonyl (C=O) groups is 3. The molecule has 0 bridgehead atoms. The number of benzene rings is 1. The summed E-state index contributed by atoms with van der Waals surface area (Å²) in [6.07, 6.45) is 8.91. The fourth-order valence-corrected chi connectivity index (χ4v) is 2.99. The Labute approximate surface area is 223 Å². The lowest BCUT2D eigenvalue weighted by Crippen LogP contribution is -2.14. The van der Waals surface area contributed by atoms with E-state index in [1.807, 2.05) is 18.2 Å². The fraction of sp³-hybridized carbons (Fsp3) is 0.300. The van der Waals surface area contributed by atoms with Gasteiger partial charge >= 0.3 is 17.9 Å². The van der Waals surface area contributed by atoms with Crippen LogP contribution in [0.2, 0.25) is 0 Å². The van der Waals surface area contributed by atoms with Gasteiger partial charge < -0.3 is 23.7 Å². The zero-order valence-corrected chi connectivity index (χ0v) is 22.2. The topological polar surface area (TPSA) is 97.4 Å². The average molecular weight is 523 g/mol. The smallest absolute Gasteiger partial charge is 0.338 e. The first kappa shape index (κ1) is 29.9. The Morgan fingerprint density at radius 2 is 1.26 bits per heavy atom. The highest BCUT2D eigenvalue weighted by Gasteiger charge is 2.12. The molecule has 0 N–H and O–H groups in total. The third-order valence-electron chi connectivity index (χ3n) is 4.98. The summed E-state index contributed by atoms with van der Waals surface area (Å²) >= 11 is 0. The first-order valence-corrected chi connectivity index (χ1v) is 12.1. The van der Waals surface area contributed by atoms with E-state index in [1.165, 1.54) is 0 Å². The molecule has 0 spiro atoms. The zero-order valence-electron chi connectivity index (χ0n) is 22.2. The zero-order chi connectivity index (χ0) is 28.1. The molecule has 1 aromatic carbocycles. The number of ether oxygens (including phenoxy) is 5. The van der Waals surface area contributed by atoms with Crippen LogP contribution in [0.3, 0.4) is 0 Å². The number of hydrogen-bond donors (Lipinski definition) is 0. The summed E-state index contributed by atoms with van der Waals surface area (Å²) in [6, 6.07) is 5.41. The number of allylic oxidation sites excluding steroid dienone is 5. The van der Waals surface area contributed by atoms with Gasteiger partial charge in [0.2, 0.25) is 0 Å². The molecule has 0 fully saturated rings. The maximum absolute atomic E-state index is 11.9. The van der Waals surface area contributed by atoms with Crippen LogP contribution in [0.25, 0.3) is 5.57 Å².